The van der Waals surface area contributed by atoms with Crippen LogP contribution in [0.5, 0.6) is 0 Å². The first-order valence-corrected chi connectivity index (χ1v) is 13.3. The molecule has 3 aromatic rings. The molecule has 182 valence electrons. The van der Waals surface area contributed by atoms with Crippen molar-refractivity contribution in [2.24, 2.45) is 16.7 Å². The van der Waals surface area contributed by atoms with Gasteiger partial charge in [-0.25, -0.2) is 0 Å². The molecule has 1 amide bonds. The average molecular weight is 529 g/mol. The number of amides is 1. The summed E-state index contributed by atoms with van der Waals surface area (Å²) in [4.78, 5) is 13.8. The monoisotopic (exact) mass is 527 g/mol. The Balaban J connectivity index is 1.40. The van der Waals surface area contributed by atoms with Crippen LogP contribution in [-0.2, 0) is 13.0 Å². The van der Waals surface area contributed by atoms with Gasteiger partial charge < -0.3 is 5.32 Å². The van der Waals surface area contributed by atoms with Gasteiger partial charge in [0.25, 0.3) is 5.91 Å². The molecular weight excluding hydrogens is 501 g/mol. The third-order valence-electron chi connectivity index (χ3n) is 8.84. The highest BCUT2D eigenvalue weighted by atomic mass is 35.5. The lowest BCUT2D eigenvalue weighted by molar-refractivity contribution is 0.0731. The molecule has 2 fully saturated rings. The molecule has 3 atom stereocenters. The molecule has 35 heavy (non-hydrogen) atoms. The van der Waals surface area contributed by atoms with Crippen molar-refractivity contribution in [1.82, 2.24) is 15.1 Å². The van der Waals surface area contributed by atoms with Gasteiger partial charge in [0.05, 0.1) is 12.2 Å². The third-order valence-corrected chi connectivity index (χ3v) is 9.66. The molecule has 0 spiro atoms. The van der Waals surface area contributed by atoms with E-state index in [1.54, 1.807) is 6.07 Å². The highest BCUT2D eigenvalue weighted by Gasteiger charge is 2.59. The molecule has 2 saturated carbocycles. The molecule has 0 saturated heterocycles. The first-order valence-electron chi connectivity index (χ1n) is 12.2. The first-order chi connectivity index (χ1) is 16.6. The summed E-state index contributed by atoms with van der Waals surface area (Å²) in [6.45, 7) is 7.38. The van der Waals surface area contributed by atoms with E-state index in [1.807, 2.05) is 35.0 Å². The Morgan fingerprint density at radius 1 is 1.11 bits per heavy atom. The number of nitrogens with zero attached hydrogens (tertiary/aromatic N) is 2. The van der Waals surface area contributed by atoms with Crippen molar-refractivity contribution >= 4 is 40.7 Å². The van der Waals surface area contributed by atoms with Crippen LogP contribution in [0.2, 0.25) is 15.1 Å². The molecule has 2 aromatic carbocycles. The number of hydrogen-bond acceptors (Lipinski definition) is 2. The van der Waals surface area contributed by atoms with Crippen LogP contribution in [-0.4, -0.2) is 21.7 Å². The number of benzene rings is 2. The predicted octanol–water partition coefficient (Wildman–Crippen LogP) is 7.41. The molecule has 7 heteroatoms. The zero-order chi connectivity index (χ0) is 24.7. The Morgan fingerprint density at radius 2 is 1.86 bits per heavy atom. The van der Waals surface area contributed by atoms with E-state index in [1.165, 1.54) is 12.8 Å². The number of halogens is 3. The summed E-state index contributed by atoms with van der Waals surface area (Å²) in [5, 5.41) is 10.2. The Kier molecular flexibility index (Phi) is 5.34. The molecule has 1 unspecified atom stereocenters. The van der Waals surface area contributed by atoms with Crippen molar-refractivity contribution in [3.8, 4) is 11.3 Å². The highest BCUT2D eigenvalue weighted by Crippen LogP contribution is 2.62. The van der Waals surface area contributed by atoms with Gasteiger partial charge in [-0.3, -0.25) is 9.48 Å². The topological polar surface area (TPSA) is 46.9 Å². The molecule has 0 aliphatic heterocycles. The Hall–Kier alpha value is -2.01. The molecule has 1 N–H and O–H groups in total. The van der Waals surface area contributed by atoms with Crippen LogP contribution in [0.4, 0.5) is 0 Å². The zero-order valence-electron chi connectivity index (χ0n) is 20.1. The normalized spacial score (nSPS) is 25.5. The summed E-state index contributed by atoms with van der Waals surface area (Å²) in [5.74, 6) is 0.562. The number of fused-ring (bicyclic) bond motifs is 5. The molecule has 2 bridgehead atoms. The second-order valence-corrected chi connectivity index (χ2v) is 12.6. The quantitative estimate of drug-likeness (QED) is 0.300. The number of hydrogen-bond donors (Lipinski definition) is 1. The summed E-state index contributed by atoms with van der Waals surface area (Å²) in [7, 11) is 0. The minimum Gasteiger partial charge on any atom is -0.347 e. The van der Waals surface area contributed by atoms with Gasteiger partial charge >= 0.3 is 0 Å². The summed E-state index contributed by atoms with van der Waals surface area (Å²) in [6, 6.07) is 11.5. The fourth-order valence-electron chi connectivity index (χ4n) is 7.07. The van der Waals surface area contributed by atoms with Gasteiger partial charge in [0.15, 0.2) is 5.69 Å². The molecule has 3 aliphatic rings. The van der Waals surface area contributed by atoms with Crippen LogP contribution in [0.3, 0.4) is 0 Å². The third kappa shape index (κ3) is 3.63. The minimum absolute atomic E-state index is 0.0711. The maximum Gasteiger partial charge on any atom is 0.272 e. The van der Waals surface area contributed by atoms with E-state index < -0.39 is 0 Å². The molecule has 4 nitrogen and oxygen atoms in total. The summed E-state index contributed by atoms with van der Waals surface area (Å²) >= 11 is 18.9. The van der Waals surface area contributed by atoms with Crippen LogP contribution in [0, 0.1) is 16.7 Å². The lowest BCUT2D eigenvalue weighted by Gasteiger charge is -2.43. The molecule has 3 aliphatic carbocycles. The van der Waals surface area contributed by atoms with Crippen LogP contribution in [0.15, 0.2) is 36.4 Å². The standard InChI is InChI=1S/C28H28Cl3N3O/c1-27(2)17-8-9-28(3,13-17)26(27)32-25(35)23-21-11-16-10-18(29)6-7-20(16)24(21)34(33-23)14-15-4-5-19(30)12-22(15)31/h4-7,10,12,17,26H,8-9,11,13-14H2,1-3H3,(H,32,35)/t17?,26-,28+/m1/s1. The zero-order valence-corrected chi connectivity index (χ0v) is 22.4. The summed E-state index contributed by atoms with van der Waals surface area (Å²) in [5.41, 5.74) is 5.71. The van der Waals surface area contributed by atoms with Crippen molar-refractivity contribution in [2.45, 2.75) is 59.0 Å². The van der Waals surface area contributed by atoms with Gasteiger partial charge in [0.1, 0.15) is 0 Å². The number of nitrogens with one attached hydrogen (secondary N) is 1. The largest absolute Gasteiger partial charge is 0.347 e. The first kappa shape index (κ1) is 23.4. The van der Waals surface area contributed by atoms with Gasteiger partial charge in [0.2, 0.25) is 0 Å². The van der Waals surface area contributed by atoms with Gasteiger partial charge in [0, 0.05) is 38.7 Å². The van der Waals surface area contributed by atoms with Gasteiger partial charge in [-0.05, 0) is 71.4 Å². The van der Waals surface area contributed by atoms with E-state index in [9.17, 15) is 4.79 Å². The smallest absolute Gasteiger partial charge is 0.272 e. The molecule has 1 heterocycles. The highest BCUT2D eigenvalue weighted by molar-refractivity contribution is 6.35. The van der Waals surface area contributed by atoms with Crippen LogP contribution in [0.1, 0.15) is 67.2 Å². The van der Waals surface area contributed by atoms with Crippen molar-refractivity contribution in [2.75, 3.05) is 0 Å². The van der Waals surface area contributed by atoms with E-state index in [4.69, 9.17) is 39.9 Å². The van der Waals surface area contributed by atoms with Crippen molar-refractivity contribution in [3.63, 3.8) is 0 Å². The number of aromatic nitrogens is 2. The van der Waals surface area contributed by atoms with Crippen LogP contribution in [0.25, 0.3) is 11.3 Å². The average Bonchev–Trinajstić information content (AvgIpc) is 3.49. The van der Waals surface area contributed by atoms with Gasteiger partial charge in [-0.15, -0.1) is 0 Å². The van der Waals surface area contributed by atoms with E-state index >= 15 is 0 Å². The van der Waals surface area contributed by atoms with Gasteiger partial charge in [-0.2, -0.15) is 5.10 Å². The van der Waals surface area contributed by atoms with Crippen molar-refractivity contribution in [1.29, 1.82) is 0 Å². The molecule has 6 rings (SSSR count). The second-order valence-electron chi connectivity index (χ2n) is 11.4. The maximum atomic E-state index is 13.8. The summed E-state index contributed by atoms with van der Waals surface area (Å²) < 4.78 is 1.91. The van der Waals surface area contributed by atoms with Crippen molar-refractivity contribution < 1.29 is 4.79 Å². The molecule has 1 aromatic heterocycles. The Labute approximate surface area is 221 Å². The number of rotatable bonds is 4. The van der Waals surface area contributed by atoms with E-state index in [0.29, 0.717) is 39.6 Å². The fourth-order valence-corrected chi connectivity index (χ4v) is 7.73. The second kappa shape index (κ2) is 7.99. The van der Waals surface area contributed by atoms with Gasteiger partial charge in [-0.1, -0.05) is 67.7 Å². The summed E-state index contributed by atoms with van der Waals surface area (Å²) in [6.07, 6.45) is 4.22. The lowest BCUT2D eigenvalue weighted by atomic mass is 9.68. The number of carbonyl (C=O) groups is 1. The van der Waals surface area contributed by atoms with E-state index in [0.717, 1.165) is 34.4 Å². The number of carbonyl (C=O) groups excluding carboxylic acids is 1. The van der Waals surface area contributed by atoms with Crippen molar-refractivity contribution in [3.05, 3.63) is 73.9 Å². The van der Waals surface area contributed by atoms with E-state index in [-0.39, 0.29) is 22.8 Å². The van der Waals surface area contributed by atoms with E-state index in [2.05, 4.69) is 26.1 Å². The van der Waals surface area contributed by atoms with Crippen LogP contribution >= 0.6 is 34.8 Å². The maximum absolute atomic E-state index is 13.8. The SMILES string of the molecule is CC1(C)C2CC[C@@](C)(C2)[C@@H]1NC(=O)c1nn(Cc2ccc(Cl)cc2Cl)c2c1Cc1cc(Cl)ccc1-2. The minimum atomic E-state index is -0.0899. The van der Waals surface area contributed by atoms with Crippen LogP contribution < -0.4 is 5.32 Å². The Morgan fingerprint density at radius 3 is 2.57 bits per heavy atom. The lowest BCUT2D eigenvalue weighted by Crippen LogP contribution is -2.52. The molecule has 0 radical (unpaired) electrons. The Bertz CT molecular complexity index is 1370. The fraction of sp³-hybridized carbons (Fsp3) is 0.429. The predicted molar refractivity (Wildman–Crippen MR) is 142 cm³/mol. The molecular formula is C28H28Cl3N3O.